The molecule has 0 radical (unpaired) electrons. The Hall–Kier alpha value is -1.33. The second-order valence-corrected chi connectivity index (χ2v) is 5.28. The molecule has 5 heteroatoms. The lowest BCUT2D eigenvalue weighted by Crippen LogP contribution is -2.21. The van der Waals surface area contributed by atoms with Gasteiger partial charge in [-0.2, -0.15) is 13.2 Å². The smallest absolute Gasteiger partial charge is 0.309 e. The van der Waals surface area contributed by atoms with Gasteiger partial charge in [0.25, 0.3) is 0 Å². The maximum absolute atomic E-state index is 13.1. The molecule has 20 heavy (non-hydrogen) atoms. The highest BCUT2D eigenvalue weighted by atomic mass is 79.9. The highest BCUT2D eigenvalue weighted by Gasteiger charge is 2.34. The van der Waals surface area contributed by atoms with Crippen LogP contribution in [-0.4, -0.2) is 7.05 Å². The summed E-state index contributed by atoms with van der Waals surface area (Å²) in [6, 6.07) is 12.4. The summed E-state index contributed by atoms with van der Waals surface area (Å²) in [5.74, 6) is 0. The van der Waals surface area contributed by atoms with Crippen LogP contribution in [0, 0.1) is 0 Å². The second-order valence-electron chi connectivity index (χ2n) is 4.36. The van der Waals surface area contributed by atoms with Crippen LogP contribution >= 0.6 is 15.9 Å². The molecule has 106 valence electrons. The average Bonchev–Trinajstić information content (AvgIpc) is 2.39. The van der Waals surface area contributed by atoms with Crippen LogP contribution in [0.2, 0.25) is 0 Å². The van der Waals surface area contributed by atoms with Crippen molar-refractivity contribution in [3.63, 3.8) is 0 Å². The van der Waals surface area contributed by atoms with E-state index < -0.39 is 17.8 Å². The predicted octanol–water partition coefficient (Wildman–Crippen LogP) is 4.78. The molecule has 0 spiro atoms. The molecule has 0 saturated heterocycles. The first-order chi connectivity index (χ1) is 9.43. The summed E-state index contributed by atoms with van der Waals surface area (Å²) < 4.78 is 40.1. The number of benzene rings is 2. The number of alkyl halides is 3. The lowest BCUT2D eigenvalue weighted by Gasteiger charge is -2.22. The highest BCUT2D eigenvalue weighted by Crippen LogP contribution is 2.36. The minimum absolute atomic E-state index is 0.223. The standard InChI is InChI=1S/C15H13BrF3N/c1-20-14(10-5-4-6-11(16)9-10)12-7-2-3-8-13(12)15(17,18)19/h2-9,14,20H,1H3. The lowest BCUT2D eigenvalue weighted by atomic mass is 9.94. The molecular weight excluding hydrogens is 331 g/mol. The Balaban J connectivity index is 2.53. The molecule has 2 rings (SSSR count). The van der Waals surface area contributed by atoms with Crippen molar-refractivity contribution in [2.24, 2.45) is 0 Å². The van der Waals surface area contributed by atoms with E-state index >= 15 is 0 Å². The van der Waals surface area contributed by atoms with Crippen LogP contribution < -0.4 is 5.32 Å². The molecular formula is C15H13BrF3N. The molecule has 0 fully saturated rings. The Morgan fingerprint density at radius 3 is 2.35 bits per heavy atom. The summed E-state index contributed by atoms with van der Waals surface area (Å²) in [5.41, 5.74) is 0.388. The fourth-order valence-corrected chi connectivity index (χ4v) is 2.61. The first-order valence-electron chi connectivity index (χ1n) is 6.02. The van der Waals surface area contributed by atoms with E-state index in [0.717, 1.165) is 16.1 Å². The number of halogens is 4. The number of rotatable bonds is 3. The molecule has 0 bridgehead atoms. The Morgan fingerprint density at radius 1 is 1.05 bits per heavy atom. The molecule has 0 amide bonds. The van der Waals surface area contributed by atoms with E-state index in [1.165, 1.54) is 12.1 Å². The normalized spacial score (nSPS) is 13.2. The van der Waals surface area contributed by atoms with Crippen molar-refractivity contribution in [1.82, 2.24) is 5.32 Å². The van der Waals surface area contributed by atoms with Gasteiger partial charge in [-0.3, -0.25) is 0 Å². The Bertz CT molecular complexity index is 596. The van der Waals surface area contributed by atoms with Crippen LogP contribution in [0.25, 0.3) is 0 Å². The quantitative estimate of drug-likeness (QED) is 0.845. The highest BCUT2D eigenvalue weighted by molar-refractivity contribution is 9.10. The van der Waals surface area contributed by atoms with Gasteiger partial charge in [0.15, 0.2) is 0 Å². The minimum atomic E-state index is -4.36. The zero-order chi connectivity index (χ0) is 14.8. The first kappa shape index (κ1) is 15.1. The van der Waals surface area contributed by atoms with Crippen molar-refractivity contribution in [3.05, 3.63) is 69.7 Å². The van der Waals surface area contributed by atoms with E-state index in [2.05, 4.69) is 21.2 Å². The van der Waals surface area contributed by atoms with Gasteiger partial charge in [-0.05, 0) is 36.4 Å². The number of hydrogen-bond acceptors (Lipinski definition) is 1. The monoisotopic (exact) mass is 343 g/mol. The Morgan fingerprint density at radius 2 is 1.75 bits per heavy atom. The molecule has 0 aliphatic heterocycles. The molecule has 0 aliphatic rings. The van der Waals surface area contributed by atoms with Crippen LogP contribution in [0.1, 0.15) is 22.7 Å². The van der Waals surface area contributed by atoms with Gasteiger partial charge in [-0.25, -0.2) is 0 Å². The molecule has 0 saturated carbocycles. The molecule has 0 aromatic heterocycles. The average molecular weight is 344 g/mol. The summed E-state index contributed by atoms with van der Waals surface area (Å²) in [7, 11) is 1.65. The molecule has 1 N–H and O–H groups in total. The largest absolute Gasteiger partial charge is 0.416 e. The second kappa shape index (κ2) is 5.97. The fourth-order valence-electron chi connectivity index (χ4n) is 2.19. The van der Waals surface area contributed by atoms with Crippen LogP contribution in [0.15, 0.2) is 53.0 Å². The molecule has 0 heterocycles. The topological polar surface area (TPSA) is 12.0 Å². The van der Waals surface area contributed by atoms with Crippen LogP contribution in [-0.2, 0) is 6.18 Å². The SMILES string of the molecule is CNC(c1cccc(Br)c1)c1ccccc1C(F)(F)F. The van der Waals surface area contributed by atoms with Gasteiger partial charge in [-0.15, -0.1) is 0 Å². The summed E-state index contributed by atoms with van der Waals surface area (Å²) in [6.07, 6.45) is -4.36. The zero-order valence-corrected chi connectivity index (χ0v) is 12.3. The lowest BCUT2D eigenvalue weighted by molar-refractivity contribution is -0.138. The number of nitrogens with one attached hydrogen (secondary N) is 1. The van der Waals surface area contributed by atoms with Gasteiger partial charge in [0.1, 0.15) is 0 Å². The predicted molar refractivity (Wildman–Crippen MR) is 76.5 cm³/mol. The van der Waals surface area contributed by atoms with Gasteiger partial charge in [0.05, 0.1) is 11.6 Å². The minimum Gasteiger partial charge on any atom is -0.309 e. The van der Waals surface area contributed by atoms with E-state index in [0.29, 0.717) is 0 Å². The maximum Gasteiger partial charge on any atom is 0.416 e. The van der Waals surface area contributed by atoms with E-state index in [1.807, 2.05) is 12.1 Å². The van der Waals surface area contributed by atoms with E-state index in [4.69, 9.17) is 0 Å². The van der Waals surface area contributed by atoms with Gasteiger partial charge in [0, 0.05) is 4.47 Å². The number of hydrogen-bond donors (Lipinski definition) is 1. The van der Waals surface area contributed by atoms with Crippen molar-refractivity contribution < 1.29 is 13.2 Å². The Kier molecular flexibility index (Phi) is 4.50. The summed E-state index contributed by atoms with van der Waals surface area (Å²) in [5, 5.41) is 2.95. The molecule has 1 unspecified atom stereocenters. The summed E-state index contributed by atoms with van der Waals surface area (Å²) >= 11 is 3.34. The van der Waals surface area contributed by atoms with Crippen molar-refractivity contribution in [1.29, 1.82) is 0 Å². The molecule has 1 atom stereocenters. The first-order valence-corrected chi connectivity index (χ1v) is 6.81. The fraction of sp³-hybridized carbons (Fsp3) is 0.200. The molecule has 2 aromatic carbocycles. The van der Waals surface area contributed by atoms with Crippen molar-refractivity contribution in [3.8, 4) is 0 Å². The maximum atomic E-state index is 13.1. The van der Waals surface area contributed by atoms with Crippen molar-refractivity contribution in [2.45, 2.75) is 12.2 Å². The summed E-state index contributed by atoms with van der Waals surface area (Å²) in [4.78, 5) is 0. The van der Waals surface area contributed by atoms with Crippen LogP contribution in [0.3, 0.4) is 0 Å². The van der Waals surface area contributed by atoms with Gasteiger partial charge >= 0.3 is 6.18 Å². The third-order valence-corrected chi connectivity index (χ3v) is 3.54. The van der Waals surface area contributed by atoms with Crippen LogP contribution in [0.5, 0.6) is 0 Å². The van der Waals surface area contributed by atoms with E-state index in [1.54, 1.807) is 25.2 Å². The summed E-state index contributed by atoms with van der Waals surface area (Å²) in [6.45, 7) is 0. The molecule has 0 aliphatic carbocycles. The van der Waals surface area contributed by atoms with Gasteiger partial charge in [-0.1, -0.05) is 46.3 Å². The van der Waals surface area contributed by atoms with E-state index in [9.17, 15) is 13.2 Å². The molecule has 1 nitrogen and oxygen atoms in total. The molecule has 2 aromatic rings. The van der Waals surface area contributed by atoms with Gasteiger partial charge in [0.2, 0.25) is 0 Å². The van der Waals surface area contributed by atoms with Gasteiger partial charge < -0.3 is 5.32 Å². The Labute approximate surface area is 123 Å². The third kappa shape index (κ3) is 3.22. The zero-order valence-electron chi connectivity index (χ0n) is 10.7. The van der Waals surface area contributed by atoms with Crippen LogP contribution in [0.4, 0.5) is 13.2 Å². The van der Waals surface area contributed by atoms with Crippen molar-refractivity contribution >= 4 is 15.9 Å². The van der Waals surface area contributed by atoms with E-state index in [-0.39, 0.29) is 5.56 Å². The third-order valence-electron chi connectivity index (χ3n) is 3.05. The van der Waals surface area contributed by atoms with Crippen molar-refractivity contribution in [2.75, 3.05) is 7.05 Å².